The topological polar surface area (TPSA) is 94.0 Å². The van der Waals surface area contributed by atoms with E-state index in [-0.39, 0.29) is 36.1 Å². The van der Waals surface area contributed by atoms with Crippen LogP contribution < -0.4 is 4.74 Å². The summed E-state index contributed by atoms with van der Waals surface area (Å²) < 4.78 is 58.4. The zero-order valence-electron chi connectivity index (χ0n) is 21.9. The number of rotatable bonds is 8. The van der Waals surface area contributed by atoms with Gasteiger partial charge in [-0.2, -0.15) is 13.2 Å². The lowest BCUT2D eigenvalue weighted by Gasteiger charge is -2.39. The van der Waals surface area contributed by atoms with Crippen molar-refractivity contribution in [2.75, 3.05) is 19.8 Å². The maximum atomic E-state index is 13.8. The molecular formula is C25H34F3N3O5S. The number of benzene rings is 1. The van der Waals surface area contributed by atoms with Gasteiger partial charge in [0.15, 0.2) is 0 Å². The number of hydrogen-bond donors (Lipinski definition) is 1. The van der Waals surface area contributed by atoms with Gasteiger partial charge in [-0.1, -0.05) is 11.3 Å². The van der Waals surface area contributed by atoms with Crippen molar-refractivity contribution in [3.8, 4) is 16.3 Å². The molecule has 0 aliphatic carbocycles. The van der Waals surface area contributed by atoms with Crippen molar-refractivity contribution in [1.82, 2.24) is 15.1 Å². The monoisotopic (exact) mass is 545 g/mol. The van der Waals surface area contributed by atoms with E-state index >= 15 is 0 Å². The Labute approximate surface area is 218 Å². The number of amides is 1. The van der Waals surface area contributed by atoms with Gasteiger partial charge < -0.3 is 19.3 Å². The van der Waals surface area contributed by atoms with Crippen molar-refractivity contribution in [2.24, 2.45) is 0 Å². The Balaban J connectivity index is 1.90. The number of unbranched alkanes of at least 4 members (excludes halogenated alkanes) is 2. The molecule has 1 aromatic carbocycles. The lowest BCUT2D eigenvalue weighted by molar-refractivity contribution is -0.138. The summed E-state index contributed by atoms with van der Waals surface area (Å²) in [6.45, 7) is 10.8. The number of aliphatic hydroxyl groups excluding tert-OH is 1. The summed E-state index contributed by atoms with van der Waals surface area (Å²) in [5, 5.41) is 17.9. The maximum Gasteiger partial charge on any atom is 0.419 e. The number of nitrogens with zero attached hydrogens (tertiary/aromatic N) is 3. The second kappa shape index (κ2) is 10.7. The quantitative estimate of drug-likeness (QED) is 0.408. The van der Waals surface area contributed by atoms with Crippen LogP contribution in [-0.2, 0) is 21.2 Å². The highest BCUT2D eigenvalue weighted by atomic mass is 32.1. The molecule has 0 radical (unpaired) electrons. The summed E-state index contributed by atoms with van der Waals surface area (Å²) in [5.41, 5.74) is -3.45. The molecule has 12 heteroatoms. The first-order chi connectivity index (χ1) is 17.1. The molecule has 1 saturated heterocycles. The highest BCUT2D eigenvalue weighted by Crippen LogP contribution is 2.45. The van der Waals surface area contributed by atoms with E-state index in [4.69, 9.17) is 19.3 Å². The lowest BCUT2D eigenvalue weighted by Crippen LogP contribution is -2.54. The molecule has 0 bridgehead atoms. The van der Waals surface area contributed by atoms with Gasteiger partial charge >= 0.3 is 12.3 Å². The van der Waals surface area contributed by atoms with Crippen LogP contribution in [0.1, 0.15) is 71.4 Å². The normalized spacial score (nSPS) is 19.8. The smallest absolute Gasteiger partial charge is 0.419 e. The van der Waals surface area contributed by atoms with E-state index in [0.717, 1.165) is 17.4 Å². The summed E-state index contributed by atoms with van der Waals surface area (Å²) in [6.07, 6.45) is -3.46. The number of carbonyl (C=O) groups is 1. The average molecular weight is 546 g/mol. The van der Waals surface area contributed by atoms with E-state index in [2.05, 4.69) is 10.2 Å². The summed E-state index contributed by atoms with van der Waals surface area (Å²) in [5.74, 6) is -0.265. The number of carbonyl (C=O) groups excluding carboxylic acids is 1. The van der Waals surface area contributed by atoms with Crippen molar-refractivity contribution < 1.29 is 37.3 Å². The van der Waals surface area contributed by atoms with Crippen LogP contribution >= 0.6 is 11.3 Å². The summed E-state index contributed by atoms with van der Waals surface area (Å²) in [7, 11) is 0. The second-order valence-electron chi connectivity index (χ2n) is 10.6. The zero-order valence-corrected chi connectivity index (χ0v) is 22.8. The SMILES string of the molecule is CC(C)(C)OC(=O)N1C(C)(C)OCC1(C)c1nnc(-c2ccc(OCCCCCO)c(C(F)(F)F)c2)s1. The molecule has 8 nitrogen and oxygen atoms in total. The molecular weight excluding hydrogens is 511 g/mol. The molecule has 1 atom stereocenters. The first kappa shape index (κ1) is 29.1. The van der Waals surface area contributed by atoms with Gasteiger partial charge in [0.25, 0.3) is 0 Å². The van der Waals surface area contributed by atoms with Gasteiger partial charge in [0.1, 0.15) is 32.6 Å². The fourth-order valence-corrected chi connectivity index (χ4v) is 5.03. The summed E-state index contributed by atoms with van der Waals surface area (Å²) in [6, 6.07) is 3.78. The molecule has 1 fully saturated rings. The van der Waals surface area contributed by atoms with E-state index in [1.54, 1.807) is 41.5 Å². The van der Waals surface area contributed by atoms with Gasteiger partial charge in [0, 0.05) is 12.2 Å². The number of ether oxygens (including phenoxy) is 3. The maximum absolute atomic E-state index is 13.8. The van der Waals surface area contributed by atoms with E-state index in [1.807, 2.05) is 0 Å². The van der Waals surface area contributed by atoms with E-state index in [9.17, 15) is 18.0 Å². The van der Waals surface area contributed by atoms with Crippen LogP contribution in [0.25, 0.3) is 10.6 Å². The molecule has 3 rings (SSSR count). The fraction of sp³-hybridized carbons (Fsp3) is 0.640. The third kappa shape index (κ3) is 6.71. The molecule has 2 aromatic rings. The van der Waals surface area contributed by atoms with E-state index < -0.39 is 34.7 Å². The highest BCUT2D eigenvalue weighted by Gasteiger charge is 2.55. The highest BCUT2D eigenvalue weighted by molar-refractivity contribution is 7.14. The summed E-state index contributed by atoms with van der Waals surface area (Å²) >= 11 is 1.09. The number of aliphatic hydroxyl groups is 1. The number of alkyl halides is 3. The van der Waals surface area contributed by atoms with Crippen LogP contribution in [-0.4, -0.2) is 57.4 Å². The van der Waals surface area contributed by atoms with Gasteiger partial charge in [-0.15, -0.1) is 10.2 Å². The molecule has 0 spiro atoms. The Kier molecular flexibility index (Phi) is 8.45. The molecule has 1 amide bonds. The number of aromatic nitrogens is 2. The van der Waals surface area contributed by atoms with Crippen LogP contribution in [0.15, 0.2) is 18.2 Å². The van der Waals surface area contributed by atoms with Gasteiger partial charge in [-0.3, -0.25) is 4.90 Å². The van der Waals surface area contributed by atoms with Gasteiger partial charge in [-0.25, -0.2) is 4.79 Å². The molecule has 206 valence electrons. The van der Waals surface area contributed by atoms with Crippen LogP contribution in [0.2, 0.25) is 0 Å². The number of hydrogen-bond acceptors (Lipinski definition) is 8. The Bertz CT molecular complexity index is 1100. The molecule has 1 aliphatic heterocycles. The van der Waals surface area contributed by atoms with Crippen molar-refractivity contribution >= 4 is 17.4 Å². The van der Waals surface area contributed by atoms with Crippen LogP contribution in [0.3, 0.4) is 0 Å². The largest absolute Gasteiger partial charge is 0.493 e. The van der Waals surface area contributed by atoms with Crippen LogP contribution in [0.4, 0.5) is 18.0 Å². The first-order valence-corrected chi connectivity index (χ1v) is 12.9. The molecule has 1 aliphatic rings. The molecule has 37 heavy (non-hydrogen) atoms. The van der Waals surface area contributed by atoms with Crippen molar-refractivity contribution in [3.05, 3.63) is 28.8 Å². The minimum Gasteiger partial charge on any atom is -0.493 e. The van der Waals surface area contributed by atoms with Crippen molar-refractivity contribution in [3.63, 3.8) is 0 Å². The molecule has 0 saturated carbocycles. The number of halogens is 3. The first-order valence-electron chi connectivity index (χ1n) is 12.0. The Hall–Kier alpha value is -2.44. The molecule has 2 heterocycles. The van der Waals surface area contributed by atoms with Gasteiger partial charge in [-0.05, 0) is 79.0 Å². The molecule has 1 unspecified atom stereocenters. The fourth-order valence-electron chi connectivity index (χ4n) is 4.07. The minimum absolute atomic E-state index is 0.0323. The predicted octanol–water partition coefficient (Wildman–Crippen LogP) is 5.98. The zero-order chi connectivity index (χ0) is 27.6. The Morgan fingerprint density at radius 3 is 2.49 bits per heavy atom. The van der Waals surface area contributed by atoms with Crippen molar-refractivity contribution in [1.29, 1.82) is 0 Å². The van der Waals surface area contributed by atoms with E-state index in [1.165, 1.54) is 17.0 Å². The second-order valence-corrected chi connectivity index (χ2v) is 11.6. The summed E-state index contributed by atoms with van der Waals surface area (Å²) in [4.78, 5) is 14.6. The van der Waals surface area contributed by atoms with Gasteiger partial charge in [0.2, 0.25) is 0 Å². The third-order valence-electron chi connectivity index (χ3n) is 5.79. The Morgan fingerprint density at radius 2 is 1.86 bits per heavy atom. The standard InChI is InChI=1S/C25H34F3N3O5S/c1-22(2,3)36-21(33)31-23(4,5)35-15-24(31,6)20-30-29-19(37-20)16-10-11-18(17(14-16)25(26,27)28)34-13-9-7-8-12-32/h10-11,14,32H,7-9,12-13,15H2,1-6H3. The van der Waals surface area contributed by atoms with Crippen LogP contribution in [0, 0.1) is 0 Å². The molecule has 1 N–H and O–H groups in total. The molecule has 1 aromatic heterocycles. The lowest BCUT2D eigenvalue weighted by atomic mass is 10.0. The Morgan fingerprint density at radius 1 is 1.16 bits per heavy atom. The average Bonchev–Trinajstić information content (AvgIpc) is 3.35. The van der Waals surface area contributed by atoms with E-state index in [0.29, 0.717) is 24.3 Å². The van der Waals surface area contributed by atoms with Gasteiger partial charge in [0.05, 0.1) is 18.8 Å². The third-order valence-corrected chi connectivity index (χ3v) is 7.02. The van der Waals surface area contributed by atoms with Crippen LogP contribution in [0.5, 0.6) is 5.75 Å². The minimum atomic E-state index is -4.63. The van der Waals surface area contributed by atoms with Crippen molar-refractivity contribution in [2.45, 2.75) is 83.8 Å². The predicted molar refractivity (Wildman–Crippen MR) is 132 cm³/mol.